The van der Waals surface area contributed by atoms with E-state index in [2.05, 4.69) is 66.9 Å². The molecule has 2 heterocycles. The zero-order valence-corrected chi connectivity index (χ0v) is 15.1. The van der Waals surface area contributed by atoms with E-state index in [0.29, 0.717) is 0 Å². The van der Waals surface area contributed by atoms with Gasteiger partial charge in [-0.15, -0.1) is 0 Å². The molecule has 0 N–H and O–H groups in total. The Hall–Kier alpha value is -0.900. The summed E-state index contributed by atoms with van der Waals surface area (Å²) in [6.45, 7) is 19.9. The molecule has 0 aliphatic heterocycles. The van der Waals surface area contributed by atoms with Crippen LogP contribution in [0.3, 0.4) is 0 Å². The van der Waals surface area contributed by atoms with Crippen LogP contribution in [0.15, 0.2) is 0 Å². The van der Waals surface area contributed by atoms with Crippen molar-refractivity contribution < 1.29 is 0 Å². The lowest BCUT2D eigenvalue weighted by atomic mass is 9.94. The molecule has 0 atom stereocenters. The number of hydrogen-bond acceptors (Lipinski definition) is 3. The number of rotatable bonds is 0. The van der Waals surface area contributed by atoms with Gasteiger partial charge in [0.1, 0.15) is 10.8 Å². The van der Waals surface area contributed by atoms with E-state index in [0.717, 1.165) is 21.3 Å². The quantitative estimate of drug-likeness (QED) is 0.695. The van der Waals surface area contributed by atoms with E-state index in [9.17, 15) is 0 Å². The van der Waals surface area contributed by atoms with Gasteiger partial charge in [-0.05, 0) is 20.8 Å². The fourth-order valence-corrected chi connectivity index (χ4v) is 3.21. The summed E-state index contributed by atoms with van der Waals surface area (Å²) in [5.41, 5.74) is 1.13. The highest BCUT2D eigenvalue weighted by molar-refractivity contribution is 7.18. The number of imidazole rings is 1. The van der Waals surface area contributed by atoms with E-state index in [1.54, 1.807) is 11.3 Å². The summed E-state index contributed by atoms with van der Waals surface area (Å²) < 4.78 is 2.31. The molecular weight excluding hydrogens is 266 g/mol. The minimum absolute atomic E-state index is 0.0133. The number of hydrogen-bond donors (Lipinski definition) is 0. The van der Waals surface area contributed by atoms with Gasteiger partial charge < -0.3 is 4.57 Å². The molecule has 0 saturated heterocycles. The largest absolute Gasteiger partial charge is 0.306 e. The maximum atomic E-state index is 4.90. The molecule has 0 fully saturated rings. The van der Waals surface area contributed by atoms with Gasteiger partial charge in [-0.2, -0.15) is 0 Å². The Morgan fingerprint density at radius 1 is 0.800 bits per heavy atom. The van der Waals surface area contributed by atoms with Crippen molar-refractivity contribution in [2.24, 2.45) is 0 Å². The van der Waals surface area contributed by atoms with E-state index in [-0.39, 0.29) is 16.4 Å². The van der Waals surface area contributed by atoms with Crippen molar-refractivity contribution in [1.82, 2.24) is 14.5 Å². The average Bonchev–Trinajstić information content (AvgIpc) is 2.66. The van der Waals surface area contributed by atoms with Gasteiger partial charge in [0, 0.05) is 16.4 Å². The first-order valence-corrected chi connectivity index (χ1v) is 8.04. The molecule has 3 nitrogen and oxygen atoms in total. The van der Waals surface area contributed by atoms with E-state index in [1.165, 1.54) is 0 Å². The van der Waals surface area contributed by atoms with Gasteiger partial charge in [0.25, 0.3) is 0 Å². The Kier molecular flexibility index (Phi) is 3.33. The van der Waals surface area contributed by atoms with Crippen LogP contribution in [-0.2, 0) is 16.4 Å². The molecule has 2 aromatic rings. The predicted molar refractivity (Wildman–Crippen MR) is 87.8 cm³/mol. The summed E-state index contributed by atoms with van der Waals surface area (Å²) in [5.74, 6) is 1.12. The second-order valence-corrected chi connectivity index (χ2v) is 9.57. The molecule has 0 aliphatic carbocycles. The highest BCUT2D eigenvalue weighted by Crippen LogP contribution is 2.36. The maximum Gasteiger partial charge on any atom is 0.172 e. The van der Waals surface area contributed by atoms with Gasteiger partial charge in [0.2, 0.25) is 0 Å². The molecule has 0 aromatic carbocycles. The lowest BCUT2D eigenvalue weighted by molar-refractivity contribution is 0.362. The van der Waals surface area contributed by atoms with Gasteiger partial charge in [-0.3, -0.25) is 0 Å². The van der Waals surface area contributed by atoms with Crippen LogP contribution >= 0.6 is 11.3 Å². The van der Waals surface area contributed by atoms with Crippen LogP contribution < -0.4 is 0 Å². The van der Waals surface area contributed by atoms with Crippen molar-refractivity contribution in [3.63, 3.8) is 0 Å². The van der Waals surface area contributed by atoms with Crippen LogP contribution in [0.5, 0.6) is 0 Å². The zero-order chi connectivity index (χ0) is 15.5. The molecule has 0 aliphatic rings. The first-order valence-electron chi connectivity index (χ1n) is 7.22. The number of fused-ring (bicyclic) bond motifs is 1. The van der Waals surface area contributed by atoms with Gasteiger partial charge in [0.05, 0.1) is 0 Å². The molecule has 0 amide bonds. The molecular formula is C16H27N3S. The maximum absolute atomic E-state index is 4.90. The monoisotopic (exact) mass is 293 g/mol. The van der Waals surface area contributed by atoms with Crippen LogP contribution in [0.4, 0.5) is 0 Å². The minimum atomic E-state index is -0.0133. The molecule has 2 aromatic heterocycles. The van der Waals surface area contributed by atoms with Crippen LogP contribution in [0, 0.1) is 0 Å². The van der Waals surface area contributed by atoms with Crippen LogP contribution in [0.25, 0.3) is 10.5 Å². The highest BCUT2D eigenvalue weighted by atomic mass is 32.1. The summed E-state index contributed by atoms with van der Waals surface area (Å²) in [7, 11) is 0. The van der Waals surface area contributed by atoms with Crippen molar-refractivity contribution in [3.05, 3.63) is 10.8 Å². The summed E-state index contributed by atoms with van der Waals surface area (Å²) in [5, 5.41) is 1.16. The van der Waals surface area contributed by atoms with E-state index >= 15 is 0 Å². The smallest absolute Gasteiger partial charge is 0.172 e. The summed E-state index contributed by atoms with van der Waals surface area (Å²) in [4.78, 5) is 10.9. The SMILES string of the molecule is CC(C)(C)c1nc2c(nc(C(C)(C)C)n2C(C)(C)C)s1. The zero-order valence-electron chi connectivity index (χ0n) is 14.2. The van der Waals surface area contributed by atoms with Gasteiger partial charge >= 0.3 is 0 Å². The summed E-state index contributed by atoms with van der Waals surface area (Å²) in [6, 6.07) is 0. The molecule has 0 unspecified atom stereocenters. The number of thiazole rings is 1. The summed E-state index contributed by atoms with van der Waals surface area (Å²) >= 11 is 1.73. The van der Waals surface area contributed by atoms with E-state index in [4.69, 9.17) is 9.97 Å². The molecule has 0 radical (unpaired) electrons. The van der Waals surface area contributed by atoms with Gasteiger partial charge in [0.15, 0.2) is 10.5 Å². The topological polar surface area (TPSA) is 30.7 Å². The third-order valence-corrected chi connectivity index (χ3v) is 4.57. The Morgan fingerprint density at radius 2 is 1.35 bits per heavy atom. The average molecular weight is 293 g/mol. The lowest BCUT2D eigenvalue weighted by Crippen LogP contribution is -2.29. The number of aromatic nitrogens is 3. The minimum Gasteiger partial charge on any atom is -0.306 e. The van der Waals surface area contributed by atoms with Crippen LogP contribution in [0.2, 0.25) is 0 Å². The fourth-order valence-electron chi connectivity index (χ4n) is 2.23. The van der Waals surface area contributed by atoms with Crippen molar-refractivity contribution >= 4 is 21.8 Å². The fraction of sp³-hybridized carbons (Fsp3) is 0.750. The molecule has 112 valence electrons. The predicted octanol–water partition coefficient (Wildman–Crippen LogP) is 4.84. The molecule has 4 heteroatoms. The molecule has 0 saturated carbocycles. The van der Waals surface area contributed by atoms with Crippen molar-refractivity contribution in [2.75, 3.05) is 0 Å². The molecule has 2 rings (SSSR count). The third kappa shape index (κ3) is 2.62. The normalized spacial score (nSPS) is 14.2. The Labute approximate surface area is 126 Å². The van der Waals surface area contributed by atoms with Gasteiger partial charge in [-0.25, -0.2) is 9.97 Å². The summed E-state index contributed by atoms with van der Waals surface area (Å²) in [6.07, 6.45) is 0. The second kappa shape index (κ2) is 4.30. The standard InChI is InChI=1S/C16H27N3S/c1-14(2,3)12-18-11-10(19(12)16(7,8)9)17-13(20-11)15(4,5)6/h1-9H3. The Bertz CT molecular complexity index is 627. The third-order valence-electron chi connectivity index (χ3n) is 3.21. The van der Waals surface area contributed by atoms with Crippen LogP contribution in [-0.4, -0.2) is 14.5 Å². The lowest BCUT2D eigenvalue weighted by Gasteiger charge is -2.29. The van der Waals surface area contributed by atoms with Crippen molar-refractivity contribution in [2.45, 2.75) is 78.7 Å². The van der Waals surface area contributed by atoms with Crippen molar-refractivity contribution in [1.29, 1.82) is 0 Å². The molecule has 0 bridgehead atoms. The second-order valence-electron chi connectivity index (χ2n) is 8.59. The van der Waals surface area contributed by atoms with Gasteiger partial charge in [-0.1, -0.05) is 52.9 Å². The molecule has 0 spiro atoms. The van der Waals surface area contributed by atoms with E-state index < -0.39 is 0 Å². The first-order chi connectivity index (χ1) is 8.82. The van der Waals surface area contributed by atoms with Crippen molar-refractivity contribution in [3.8, 4) is 0 Å². The Morgan fingerprint density at radius 3 is 1.75 bits per heavy atom. The van der Waals surface area contributed by atoms with E-state index in [1.807, 2.05) is 0 Å². The Balaban J connectivity index is 2.77. The number of nitrogens with zero attached hydrogens (tertiary/aromatic N) is 3. The van der Waals surface area contributed by atoms with Crippen LogP contribution in [0.1, 0.15) is 73.1 Å². The first kappa shape index (κ1) is 15.5. The highest BCUT2D eigenvalue weighted by Gasteiger charge is 2.31. The molecule has 20 heavy (non-hydrogen) atoms.